The van der Waals surface area contributed by atoms with Gasteiger partial charge >= 0.3 is 5.97 Å². The molecule has 0 radical (unpaired) electrons. The number of hydrogen-bond acceptors (Lipinski definition) is 4. The van der Waals surface area contributed by atoms with Crippen LogP contribution in [0, 0.1) is 5.41 Å². The van der Waals surface area contributed by atoms with Gasteiger partial charge in [0.1, 0.15) is 5.41 Å². The summed E-state index contributed by atoms with van der Waals surface area (Å²) < 4.78 is 5.20. The van der Waals surface area contributed by atoms with Gasteiger partial charge in [0.2, 0.25) is 0 Å². The Morgan fingerprint density at radius 1 is 1.25 bits per heavy atom. The first-order valence-electron chi connectivity index (χ1n) is 5.97. The molecule has 0 aromatic heterocycles. The van der Waals surface area contributed by atoms with E-state index < -0.39 is 5.41 Å². The number of carbonyl (C=O) groups excluding carboxylic acids is 2. The molecule has 1 saturated carbocycles. The van der Waals surface area contributed by atoms with Crippen molar-refractivity contribution < 1.29 is 14.3 Å². The van der Waals surface area contributed by atoms with Crippen molar-refractivity contribution in [2.45, 2.75) is 52.1 Å². The molecule has 92 valence electrons. The zero-order valence-corrected chi connectivity index (χ0v) is 10.1. The maximum atomic E-state index is 12.0. The van der Waals surface area contributed by atoms with Gasteiger partial charge in [-0.15, -0.1) is 0 Å². The van der Waals surface area contributed by atoms with Crippen molar-refractivity contribution in [1.29, 1.82) is 0 Å². The number of nitrogens with two attached hydrogens (primary N) is 1. The summed E-state index contributed by atoms with van der Waals surface area (Å²) in [4.78, 5) is 23.9. The second kappa shape index (κ2) is 5.43. The Bertz CT molecular complexity index is 267. The third-order valence-corrected chi connectivity index (χ3v) is 3.16. The average molecular weight is 227 g/mol. The van der Waals surface area contributed by atoms with E-state index >= 15 is 0 Å². The van der Waals surface area contributed by atoms with E-state index in [1.165, 1.54) is 0 Å². The molecule has 0 heterocycles. The Morgan fingerprint density at radius 2 is 1.81 bits per heavy atom. The average Bonchev–Trinajstić information content (AvgIpc) is 2.28. The zero-order valence-electron chi connectivity index (χ0n) is 10.1. The van der Waals surface area contributed by atoms with E-state index in [0.29, 0.717) is 12.8 Å². The number of rotatable bonds is 4. The van der Waals surface area contributed by atoms with Crippen LogP contribution in [0.15, 0.2) is 0 Å². The van der Waals surface area contributed by atoms with Crippen LogP contribution in [0.1, 0.15) is 46.0 Å². The van der Waals surface area contributed by atoms with Gasteiger partial charge in [-0.25, -0.2) is 0 Å². The predicted octanol–water partition coefficient (Wildman–Crippen LogP) is 1.42. The third-order valence-electron chi connectivity index (χ3n) is 3.16. The van der Waals surface area contributed by atoms with Gasteiger partial charge in [-0.2, -0.15) is 0 Å². The fraction of sp³-hybridized carbons (Fsp3) is 0.833. The first-order chi connectivity index (χ1) is 7.53. The fourth-order valence-corrected chi connectivity index (χ4v) is 2.27. The molecule has 16 heavy (non-hydrogen) atoms. The second-order valence-electron chi connectivity index (χ2n) is 4.72. The molecule has 1 aliphatic rings. The Balaban J connectivity index is 2.85. The van der Waals surface area contributed by atoms with Gasteiger partial charge in [-0.1, -0.05) is 19.3 Å². The highest BCUT2D eigenvalue weighted by atomic mass is 16.5. The lowest BCUT2D eigenvalue weighted by Gasteiger charge is -2.33. The topological polar surface area (TPSA) is 69.4 Å². The number of ketones is 1. The zero-order chi connectivity index (χ0) is 12.2. The van der Waals surface area contributed by atoms with Gasteiger partial charge in [-0.05, 0) is 26.7 Å². The van der Waals surface area contributed by atoms with Gasteiger partial charge in [0.05, 0.1) is 12.6 Å². The van der Waals surface area contributed by atoms with E-state index in [1.807, 2.05) is 0 Å². The van der Waals surface area contributed by atoms with E-state index in [0.717, 1.165) is 19.3 Å². The summed E-state index contributed by atoms with van der Waals surface area (Å²) in [5.74, 6) is -0.546. The molecule has 0 amide bonds. The van der Waals surface area contributed by atoms with Crippen molar-refractivity contribution in [3.63, 3.8) is 0 Å². The SMILES string of the molecule is CC(C)OC(=O)C1(C(=O)CN)CCCCC1. The molecule has 0 unspecified atom stereocenters. The smallest absolute Gasteiger partial charge is 0.319 e. The largest absolute Gasteiger partial charge is 0.462 e. The molecule has 0 atom stereocenters. The van der Waals surface area contributed by atoms with E-state index in [9.17, 15) is 9.59 Å². The summed E-state index contributed by atoms with van der Waals surface area (Å²) in [5, 5.41) is 0. The predicted molar refractivity (Wildman–Crippen MR) is 60.8 cm³/mol. The summed E-state index contributed by atoms with van der Waals surface area (Å²) in [6.07, 6.45) is 3.88. The van der Waals surface area contributed by atoms with Crippen molar-refractivity contribution in [2.24, 2.45) is 11.1 Å². The maximum Gasteiger partial charge on any atom is 0.319 e. The summed E-state index contributed by atoms with van der Waals surface area (Å²) >= 11 is 0. The fourth-order valence-electron chi connectivity index (χ4n) is 2.27. The molecule has 0 aromatic rings. The molecular formula is C12H21NO3. The van der Waals surface area contributed by atoms with Crippen molar-refractivity contribution in [3.05, 3.63) is 0 Å². The number of hydrogen-bond donors (Lipinski definition) is 1. The molecule has 1 rings (SSSR count). The lowest BCUT2D eigenvalue weighted by molar-refractivity contribution is -0.166. The van der Waals surface area contributed by atoms with Crippen molar-refractivity contribution in [1.82, 2.24) is 0 Å². The van der Waals surface area contributed by atoms with Crippen LogP contribution in [-0.2, 0) is 14.3 Å². The van der Waals surface area contributed by atoms with Crippen molar-refractivity contribution in [3.8, 4) is 0 Å². The molecule has 2 N–H and O–H groups in total. The number of ether oxygens (including phenoxy) is 1. The molecule has 0 aromatic carbocycles. The number of carbonyl (C=O) groups is 2. The van der Waals surface area contributed by atoms with Crippen LogP contribution in [0.25, 0.3) is 0 Å². The second-order valence-corrected chi connectivity index (χ2v) is 4.72. The minimum Gasteiger partial charge on any atom is -0.462 e. The third kappa shape index (κ3) is 2.61. The van der Waals surface area contributed by atoms with Crippen LogP contribution < -0.4 is 5.73 Å². The highest BCUT2D eigenvalue weighted by molar-refractivity contribution is 6.04. The first-order valence-corrected chi connectivity index (χ1v) is 5.97. The molecule has 1 fully saturated rings. The maximum absolute atomic E-state index is 12.0. The van der Waals surface area contributed by atoms with Gasteiger partial charge in [0.25, 0.3) is 0 Å². The first kappa shape index (κ1) is 13.2. The molecule has 0 spiro atoms. The molecule has 0 aliphatic heterocycles. The van der Waals surface area contributed by atoms with E-state index in [-0.39, 0.29) is 24.4 Å². The summed E-state index contributed by atoms with van der Waals surface area (Å²) in [5.41, 5.74) is 4.45. The van der Waals surface area contributed by atoms with Gasteiger partial charge < -0.3 is 10.5 Å². The van der Waals surface area contributed by atoms with Crippen LogP contribution >= 0.6 is 0 Å². The molecule has 0 bridgehead atoms. The Labute approximate surface area is 96.5 Å². The van der Waals surface area contributed by atoms with E-state index in [1.54, 1.807) is 13.8 Å². The molecule has 0 saturated heterocycles. The van der Waals surface area contributed by atoms with Crippen LogP contribution in [0.2, 0.25) is 0 Å². The molecular weight excluding hydrogens is 206 g/mol. The van der Waals surface area contributed by atoms with E-state index in [4.69, 9.17) is 10.5 Å². The van der Waals surface area contributed by atoms with Crippen LogP contribution in [0.3, 0.4) is 0 Å². The molecule has 4 nitrogen and oxygen atoms in total. The monoisotopic (exact) mass is 227 g/mol. The lowest BCUT2D eigenvalue weighted by atomic mass is 9.71. The summed E-state index contributed by atoms with van der Waals surface area (Å²) in [6, 6.07) is 0. The van der Waals surface area contributed by atoms with Gasteiger partial charge in [0, 0.05) is 0 Å². The van der Waals surface area contributed by atoms with Crippen molar-refractivity contribution in [2.75, 3.05) is 6.54 Å². The van der Waals surface area contributed by atoms with Gasteiger partial charge in [-0.3, -0.25) is 9.59 Å². The highest BCUT2D eigenvalue weighted by Crippen LogP contribution is 2.38. The minimum absolute atomic E-state index is 0.0762. The van der Waals surface area contributed by atoms with Crippen LogP contribution in [0.4, 0.5) is 0 Å². The summed E-state index contributed by atoms with van der Waals surface area (Å²) in [6.45, 7) is 3.51. The molecule has 4 heteroatoms. The van der Waals surface area contributed by atoms with Gasteiger partial charge in [0.15, 0.2) is 5.78 Å². The van der Waals surface area contributed by atoms with Crippen LogP contribution in [-0.4, -0.2) is 24.4 Å². The molecule has 1 aliphatic carbocycles. The minimum atomic E-state index is -0.947. The standard InChI is InChI=1S/C12H21NO3/c1-9(2)16-11(15)12(10(14)8-13)6-4-3-5-7-12/h9H,3-8,13H2,1-2H3. The summed E-state index contributed by atoms with van der Waals surface area (Å²) in [7, 11) is 0. The Hall–Kier alpha value is -0.900. The lowest BCUT2D eigenvalue weighted by Crippen LogP contribution is -2.46. The van der Waals surface area contributed by atoms with Crippen LogP contribution in [0.5, 0.6) is 0 Å². The highest BCUT2D eigenvalue weighted by Gasteiger charge is 2.46. The Kier molecular flexibility index (Phi) is 4.47. The quantitative estimate of drug-likeness (QED) is 0.582. The number of Topliss-reactive ketones (excluding diaryl/α,β-unsaturated/α-hetero) is 1. The number of esters is 1. The van der Waals surface area contributed by atoms with Crippen molar-refractivity contribution >= 4 is 11.8 Å². The van der Waals surface area contributed by atoms with E-state index in [2.05, 4.69) is 0 Å². The normalized spacial score (nSPS) is 19.5. The Morgan fingerprint density at radius 3 is 2.25 bits per heavy atom.